The van der Waals surface area contributed by atoms with Crippen LogP contribution in [0.3, 0.4) is 0 Å². The molecule has 1 atom stereocenters. The van der Waals surface area contributed by atoms with E-state index in [0.29, 0.717) is 13.2 Å². The van der Waals surface area contributed by atoms with Crippen LogP contribution in [-0.2, 0) is 16.1 Å². The molecule has 0 radical (unpaired) electrons. The average Bonchev–Trinajstić information content (AvgIpc) is 2.90. The lowest BCUT2D eigenvalue weighted by Gasteiger charge is -2.10. The predicted molar refractivity (Wildman–Crippen MR) is 71.6 cm³/mol. The van der Waals surface area contributed by atoms with Gasteiger partial charge in [-0.3, -0.25) is 0 Å². The summed E-state index contributed by atoms with van der Waals surface area (Å²) in [6, 6.07) is 5.99. The molecule has 1 N–H and O–H groups in total. The summed E-state index contributed by atoms with van der Waals surface area (Å²) in [5.41, 5.74) is 0.967. The lowest BCUT2D eigenvalue weighted by molar-refractivity contribution is 0.00968. The first-order valence-electron chi connectivity index (χ1n) is 6.77. The van der Waals surface area contributed by atoms with Crippen molar-refractivity contribution in [1.29, 1.82) is 0 Å². The number of ether oxygens (including phenoxy) is 2. The number of pyridine rings is 1. The molecule has 1 aliphatic rings. The van der Waals surface area contributed by atoms with Gasteiger partial charge in [0, 0.05) is 13.2 Å². The summed E-state index contributed by atoms with van der Waals surface area (Å²) >= 11 is 0. The van der Waals surface area contributed by atoms with Gasteiger partial charge in [0.1, 0.15) is 5.82 Å². The molecular formula is C14H22N2O2. The van der Waals surface area contributed by atoms with Gasteiger partial charge in [-0.25, -0.2) is 4.98 Å². The Kier molecular flexibility index (Phi) is 5.42. The van der Waals surface area contributed by atoms with E-state index in [4.69, 9.17) is 9.47 Å². The molecule has 1 aromatic rings. The molecule has 2 rings (SSSR count). The lowest BCUT2D eigenvalue weighted by Crippen LogP contribution is -2.14. The summed E-state index contributed by atoms with van der Waals surface area (Å²) in [7, 11) is 0. The Morgan fingerprint density at radius 2 is 2.44 bits per heavy atom. The number of anilines is 1. The summed E-state index contributed by atoms with van der Waals surface area (Å²) in [6.07, 6.45) is 3.65. The van der Waals surface area contributed by atoms with Crippen LogP contribution in [0, 0.1) is 0 Å². The van der Waals surface area contributed by atoms with Crippen molar-refractivity contribution in [3.63, 3.8) is 0 Å². The highest BCUT2D eigenvalue weighted by molar-refractivity contribution is 5.34. The Hall–Kier alpha value is -1.13. The van der Waals surface area contributed by atoms with Crippen molar-refractivity contribution < 1.29 is 9.47 Å². The van der Waals surface area contributed by atoms with E-state index in [1.54, 1.807) is 0 Å². The largest absolute Gasteiger partial charge is 0.376 e. The van der Waals surface area contributed by atoms with Crippen LogP contribution in [0.5, 0.6) is 0 Å². The van der Waals surface area contributed by atoms with Gasteiger partial charge in [-0.1, -0.05) is 13.0 Å². The van der Waals surface area contributed by atoms with Gasteiger partial charge in [0.15, 0.2) is 0 Å². The number of aromatic nitrogens is 1. The monoisotopic (exact) mass is 250 g/mol. The number of rotatable bonds is 7. The summed E-state index contributed by atoms with van der Waals surface area (Å²) in [5.74, 6) is 0.926. The predicted octanol–water partition coefficient (Wildman–Crippen LogP) is 2.60. The van der Waals surface area contributed by atoms with Crippen LogP contribution in [0.1, 0.15) is 31.9 Å². The van der Waals surface area contributed by atoms with Crippen LogP contribution in [-0.4, -0.2) is 30.8 Å². The third-order valence-electron chi connectivity index (χ3n) is 2.94. The van der Waals surface area contributed by atoms with Gasteiger partial charge in [0.05, 0.1) is 25.0 Å². The van der Waals surface area contributed by atoms with Crippen LogP contribution in [0.4, 0.5) is 5.82 Å². The van der Waals surface area contributed by atoms with Crippen LogP contribution < -0.4 is 5.32 Å². The quantitative estimate of drug-likeness (QED) is 0.808. The molecule has 100 valence electrons. The Labute approximate surface area is 109 Å². The number of hydrogen-bond donors (Lipinski definition) is 1. The van der Waals surface area contributed by atoms with E-state index in [1.165, 1.54) is 0 Å². The SMILES string of the molecule is CCCNc1cccc(COCC2CCCO2)n1. The summed E-state index contributed by atoms with van der Waals surface area (Å²) < 4.78 is 11.2. The molecular weight excluding hydrogens is 228 g/mol. The Bertz CT molecular complexity index is 351. The summed E-state index contributed by atoms with van der Waals surface area (Å²) in [6.45, 7) is 5.20. The molecule has 1 aromatic heterocycles. The maximum Gasteiger partial charge on any atom is 0.126 e. The topological polar surface area (TPSA) is 43.4 Å². The minimum absolute atomic E-state index is 0.284. The molecule has 1 aliphatic heterocycles. The van der Waals surface area contributed by atoms with E-state index < -0.39 is 0 Å². The van der Waals surface area contributed by atoms with Gasteiger partial charge < -0.3 is 14.8 Å². The number of hydrogen-bond acceptors (Lipinski definition) is 4. The van der Waals surface area contributed by atoms with E-state index in [2.05, 4.69) is 17.2 Å². The van der Waals surface area contributed by atoms with Crippen LogP contribution >= 0.6 is 0 Å². The van der Waals surface area contributed by atoms with Gasteiger partial charge in [0.2, 0.25) is 0 Å². The molecule has 1 fully saturated rings. The summed E-state index contributed by atoms with van der Waals surface area (Å²) in [5, 5.41) is 3.27. The van der Waals surface area contributed by atoms with E-state index in [9.17, 15) is 0 Å². The average molecular weight is 250 g/mol. The zero-order valence-corrected chi connectivity index (χ0v) is 11.0. The molecule has 0 amide bonds. The highest BCUT2D eigenvalue weighted by atomic mass is 16.5. The fraction of sp³-hybridized carbons (Fsp3) is 0.643. The molecule has 1 unspecified atom stereocenters. The maximum absolute atomic E-state index is 5.65. The zero-order chi connectivity index (χ0) is 12.6. The van der Waals surface area contributed by atoms with Gasteiger partial charge in [-0.2, -0.15) is 0 Å². The molecule has 0 bridgehead atoms. The normalized spacial score (nSPS) is 19.1. The van der Waals surface area contributed by atoms with Crippen LogP contribution in [0.2, 0.25) is 0 Å². The summed E-state index contributed by atoms with van der Waals surface area (Å²) in [4.78, 5) is 4.50. The first-order valence-corrected chi connectivity index (χ1v) is 6.77. The van der Waals surface area contributed by atoms with Crippen molar-refractivity contribution in [2.45, 2.75) is 38.9 Å². The highest BCUT2D eigenvalue weighted by Crippen LogP contribution is 2.13. The Morgan fingerprint density at radius 3 is 3.22 bits per heavy atom. The van der Waals surface area contributed by atoms with Crippen molar-refractivity contribution in [2.24, 2.45) is 0 Å². The molecule has 0 spiro atoms. The van der Waals surface area contributed by atoms with E-state index in [1.807, 2.05) is 18.2 Å². The number of nitrogens with zero attached hydrogens (tertiary/aromatic N) is 1. The number of nitrogens with one attached hydrogen (secondary N) is 1. The minimum Gasteiger partial charge on any atom is -0.376 e. The van der Waals surface area contributed by atoms with E-state index in [0.717, 1.165) is 43.9 Å². The Morgan fingerprint density at radius 1 is 1.50 bits per heavy atom. The zero-order valence-electron chi connectivity index (χ0n) is 11.0. The second-order valence-electron chi connectivity index (χ2n) is 4.59. The third-order valence-corrected chi connectivity index (χ3v) is 2.94. The smallest absolute Gasteiger partial charge is 0.126 e. The first kappa shape index (κ1) is 13.3. The lowest BCUT2D eigenvalue weighted by atomic mass is 10.2. The van der Waals surface area contributed by atoms with Crippen molar-refractivity contribution in [1.82, 2.24) is 4.98 Å². The van der Waals surface area contributed by atoms with Gasteiger partial charge >= 0.3 is 0 Å². The molecule has 0 saturated carbocycles. The standard InChI is InChI=1S/C14H22N2O2/c1-2-8-15-14-7-3-5-12(16-14)10-17-11-13-6-4-9-18-13/h3,5,7,13H,2,4,6,8-11H2,1H3,(H,15,16). The maximum atomic E-state index is 5.65. The highest BCUT2D eigenvalue weighted by Gasteiger charge is 2.15. The van der Waals surface area contributed by atoms with Crippen molar-refractivity contribution in [3.8, 4) is 0 Å². The van der Waals surface area contributed by atoms with E-state index >= 15 is 0 Å². The first-order chi connectivity index (χ1) is 8.88. The third kappa shape index (κ3) is 4.27. The fourth-order valence-corrected chi connectivity index (χ4v) is 1.98. The molecule has 4 heteroatoms. The van der Waals surface area contributed by atoms with Gasteiger partial charge in [0.25, 0.3) is 0 Å². The van der Waals surface area contributed by atoms with Crippen molar-refractivity contribution >= 4 is 5.82 Å². The second-order valence-corrected chi connectivity index (χ2v) is 4.59. The van der Waals surface area contributed by atoms with Gasteiger partial charge in [-0.15, -0.1) is 0 Å². The van der Waals surface area contributed by atoms with Crippen molar-refractivity contribution in [3.05, 3.63) is 23.9 Å². The van der Waals surface area contributed by atoms with Gasteiger partial charge in [-0.05, 0) is 31.4 Å². The van der Waals surface area contributed by atoms with Crippen LogP contribution in [0.25, 0.3) is 0 Å². The minimum atomic E-state index is 0.284. The molecule has 1 saturated heterocycles. The second kappa shape index (κ2) is 7.34. The molecule has 18 heavy (non-hydrogen) atoms. The van der Waals surface area contributed by atoms with E-state index in [-0.39, 0.29) is 6.10 Å². The molecule has 0 aromatic carbocycles. The van der Waals surface area contributed by atoms with Crippen molar-refractivity contribution in [2.75, 3.05) is 25.1 Å². The molecule has 4 nitrogen and oxygen atoms in total. The fourth-order valence-electron chi connectivity index (χ4n) is 1.98. The van der Waals surface area contributed by atoms with Crippen LogP contribution in [0.15, 0.2) is 18.2 Å². The molecule has 0 aliphatic carbocycles. The Balaban J connectivity index is 1.74. The molecule has 2 heterocycles.